The number of Topliss-reactive ketones (excluding diaryl/α,β-unsaturated/α-hetero) is 1. The fourth-order valence-corrected chi connectivity index (χ4v) is 5.30. The summed E-state index contributed by atoms with van der Waals surface area (Å²) < 4.78 is 6.09. The first kappa shape index (κ1) is 13.9. The number of ether oxygens (including phenoxy) is 1. The lowest BCUT2D eigenvalue weighted by Crippen LogP contribution is -2.44. The molecular formula is C16H26O2S. The van der Waals surface area contributed by atoms with Crippen LogP contribution < -0.4 is 0 Å². The van der Waals surface area contributed by atoms with Gasteiger partial charge in [0, 0.05) is 18.9 Å². The third-order valence-corrected chi connectivity index (χ3v) is 6.30. The van der Waals surface area contributed by atoms with Gasteiger partial charge in [0.05, 0.1) is 5.60 Å². The number of thioether (sulfide) groups is 1. The van der Waals surface area contributed by atoms with E-state index in [1.165, 1.54) is 37.2 Å². The van der Waals surface area contributed by atoms with E-state index in [1.54, 1.807) is 0 Å². The Balaban J connectivity index is 1.56. The zero-order chi connectivity index (χ0) is 13.1. The van der Waals surface area contributed by atoms with Crippen LogP contribution >= 0.6 is 11.8 Å². The second kappa shape index (κ2) is 6.17. The summed E-state index contributed by atoms with van der Waals surface area (Å²) in [6, 6.07) is 0. The first-order valence-electron chi connectivity index (χ1n) is 8.02. The van der Waals surface area contributed by atoms with Crippen molar-refractivity contribution in [3.8, 4) is 0 Å². The summed E-state index contributed by atoms with van der Waals surface area (Å²) in [4.78, 5) is 12.5. The van der Waals surface area contributed by atoms with Gasteiger partial charge in [-0.05, 0) is 43.1 Å². The van der Waals surface area contributed by atoms with E-state index in [4.69, 9.17) is 4.74 Å². The Morgan fingerprint density at radius 1 is 1.16 bits per heavy atom. The number of hydrogen-bond donors (Lipinski definition) is 0. The van der Waals surface area contributed by atoms with E-state index in [9.17, 15) is 4.79 Å². The van der Waals surface area contributed by atoms with Crippen LogP contribution in [0.5, 0.6) is 0 Å². The summed E-state index contributed by atoms with van der Waals surface area (Å²) in [5, 5.41) is 0. The molecule has 0 aromatic carbocycles. The molecule has 0 radical (unpaired) electrons. The monoisotopic (exact) mass is 282 g/mol. The molecule has 1 saturated carbocycles. The van der Waals surface area contributed by atoms with E-state index in [0.29, 0.717) is 17.6 Å². The van der Waals surface area contributed by atoms with Crippen LogP contribution in [-0.2, 0) is 9.53 Å². The fraction of sp³-hybridized carbons (Fsp3) is 0.938. The molecule has 3 aliphatic rings. The summed E-state index contributed by atoms with van der Waals surface area (Å²) in [6.45, 7) is 0.811. The molecule has 0 aromatic heterocycles. The zero-order valence-corrected chi connectivity index (χ0v) is 12.7. The Morgan fingerprint density at radius 2 is 1.89 bits per heavy atom. The van der Waals surface area contributed by atoms with Crippen LogP contribution in [0.1, 0.15) is 57.8 Å². The molecule has 1 spiro atoms. The van der Waals surface area contributed by atoms with Gasteiger partial charge in [0.15, 0.2) is 0 Å². The van der Waals surface area contributed by atoms with Gasteiger partial charge in [-0.2, -0.15) is 11.8 Å². The molecule has 1 aliphatic carbocycles. The predicted octanol–water partition coefficient (Wildman–Crippen LogP) is 3.83. The standard InChI is InChI=1S/C16H26O2S/c17-15(11-13-3-1-2-4-13)14-5-8-18-16(12-14)6-9-19-10-7-16/h13-14H,1-12H2. The molecule has 3 heteroatoms. The lowest BCUT2D eigenvalue weighted by Gasteiger charge is -2.43. The molecule has 2 nitrogen and oxygen atoms in total. The van der Waals surface area contributed by atoms with Crippen LogP contribution in [0, 0.1) is 11.8 Å². The molecule has 19 heavy (non-hydrogen) atoms. The number of rotatable bonds is 3. The van der Waals surface area contributed by atoms with E-state index in [2.05, 4.69) is 0 Å². The molecule has 1 unspecified atom stereocenters. The molecule has 2 saturated heterocycles. The Bertz CT molecular complexity index is 311. The Morgan fingerprint density at radius 3 is 2.63 bits per heavy atom. The van der Waals surface area contributed by atoms with Crippen LogP contribution in [0.3, 0.4) is 0 Å². The molecule has 0 amide bonds. The summed E-state index contributed by atoms with van der Waals surface area (Å²) in [7, 11) is 0. The minimum Gasteiger partial charge on any atom is -0.375 e. The molecule has 2 heterocycles. The zero-order valence-electron chi connectivity index (χ0n) is 11.9. The van der Waals surface area contributed by atoms with Gasteiger partial charge in [-0.1, -0.05) is 25.7 Å². The molecule has 3 fully saturated rings. The van der Waals surface area contributed by atoms with Gasteiger partial charge >= 0.3 is 0 Å². The van der Waals surface area contributed by atoms with Gasteiger partial charge in [0.1, 0.15) is 5.78 Å². The second-order valence-corrected chi connectivity index (χ2v) is 7.88. The lowest BCUT2D eigenvalue weighted by molar-refractivity contribution is -0.139. The van der Waals surface area contributed by atoms with Crippen molar-refractivity contribution in [3.05, 3.63) is 0 Å². The van der Waals surface area contributed by atoms with Gasteiger partial charge in [0.2, 0.25) is 0 Å². The van der Waals surface area contributed by atoms with E-state index in [-0.39, 0.29) is 5.60 Å². The topological polar surface area (TPSA) is 26.3 Å². The summed E-state index contributed by atoms with van der Waals surface area (Å²) in [5.74, 6) is 3.98. The number of hydrogen-bond acceptors (Lipinski definition) is 3. The highest BCUT2D eigenvalue weighted by Crippen LogP contribution is 2.41. The second-order valence-electron chi connectivity index (χ2n) is 6.65. The highest BCUT2D eigenvalue weighted by molar-refractivity contribution is 7.99. The van der Waals surface area contributed by atoms with Gasteiger partial charge < -0.3 is 4.74 Å². The SMILES string of the molecule is O=C(CC1CCCC1)C1CCOC2(CCSCC2)C1. The van der Waals surface area contributed by atoms with Crippen molar-refractivity contribution in [2.45, 2.75) is 63.4 Å². The average molecular weight is 282 g/mol. The number of carbonyl (C=O) groups is 1. The first-order valence-corrected chi connectivity index (χ1v) is 9.17. The van der Waals surface area contributed by atoms with Crippen LogP contribution in [0.25, 0.3) is 0 Å². The molecule has 2 aliphatic heterocycles. The molecule has 3 rings (SSSR count). The number of carbonyl (C=O) groups excluding carboxylic acids is 1. The van der Waals surface area contributed by atoms with Crippen molar-refractivity contribution in [3.63, 3.8) is 0 Å². The van der Waals surface area contributed by atoms with Crippen molar-refractivity contribution in [2.24, 2.45) is 11.8 Å². The first-order chi connectivity index (χ1) is 9.27. The summed E-state index contributed by atoms with van der Waals surface area (Å²) >= 11 is 2.03. The van der Waals surface area contributed by atoms with Gasteiger partial charge in [-0.3, -0.25) is 4.79 Å². The van der Waals surface area contributed by atoms with Crippen molar-refractivity contribution >= 4 is 17.5 Å². The largest absolute Gasteiger partial charge is 0.375 e. The smallest absolute Gasteiger partial charge is 0.136 e. The van der Waals surface area contributed by atoms with Crippen molar-refractivity contribution in [2.75, 3.05) is 18.1 Å². The molecule has 108 valence electrons. The quantitative estimate of drug-likeness (QED) is 0.787. The van der Waals surface area contributed by atoms with Gasteiger partial charge in [-0.15, -0.1) is 0 Å². The highest BCUT2D eigenvalue weighted by Gasteiger charge is 2.41. The van der Waals surface area contributed by atoms with Crippen molar-refractivity contribution in [1.82, 2.24) is 0 Å². The number of ketones is 1. The van der Waals surface area contributed by atoms with Crippen LogP contribution in [-0.4, -0.2) is 29.5 Å². The molecule has 1 atom stereocenters. The van der Waals surface area contributed by atoms with Crippen LogP contribution in [0.15, 0.2) is 0 Å². The van der Waals surface area contributed by atoms with Crippen LogP contribution in [0.4, 0.5) is 0 Å². The highest BCUT2D eigenvalue weighted by atomic mass is 32.2. The Kier molecular flexibility index (Phi) is 4.53. The van der Waals surface area contributed by atoms with Crippen molar-refractivity contribution < 1.29 is 9.53 Å². The van der Waals surface area contributed by atoms with Crippen LogP contribution in [0.2, 0.25) is 0 Å². The lowest BCUT2D eigenvalue weighted by atomic mass is 9.78. The predicted molar refractivity (Wildman–Crippen MR) is 79.5 cm³/mol. The van der Waals surface area contributed by atoms with E-state index in [0.717, 1.165) is 38.7 Å². The van der Waals surface area contributed by atoms with Gasteiger partial charge in [-0.25, -0.2) is 0 Å². The average Bonchev–Trinajstić information content (AvgIpc) is 2.92. The van der Waals surface area contributed by atoms with Gasteiger partial charge in [0.25, 0.3) is 0 Å². The minimum absolute atomic E-state index is 0.0690. The third kappa shape index (κ3) is 3.36. The molecule has 0 bridgehead atoms. The normalized spacial score (nSPS) is 31.7. The Labute approximate surface area is 121 Å². The van der Waals surface area contributed by atoms with Crippen molar-refractivity contribution in [1.29, 1.82) is 0 Å². The summed E-state index contributed by atoms with van der Waals surface area (Å²) in [5.41, 5.74) is 0.0690. The van der Waals surface area contributed by atoms with E-state index < -0.39 is 0 Å². The maximum Gasteiger partial charge on any atom is 0.136 e. The third-order valence-electron chi connectivity index (χ3n) is 5.32. The maximum atomic E-state index is 12.5. The fourth-order valence-electron chi connectivity index (χ4n) is 4.06. The molecule has 0 N–H and O–H groups in total. The Hall–Kier alpha value is -0.0200. The molecular weight excluding hydrogens is 256 g/mol. The molecule has 0 aromatic rings. The van der Waals surface area contributed by atoms with E-state index in [1.807, 2.05) is 11.8 Å². The van der Waals surface area contributed by atoms with E-state index >= 15 is 0 Å². The minimum atomic E-state index is 0.0690. The summed E-state index contributed by atoms with van der Waals surface area (Å²) in [6.07, 6.45) is 10.4. The maximum absolute atomic E-state index is 12.5.